The average molecular weight is 261 g/mol. The molecule has 3 rings (SSSR count). The number of fused-ring (bicyclic) bond motifs is 1. The second-order valence-corrected chi connectivity index (χ2v) is 5.38. The van der Waals surface area contributed by atoms with E-state index < -0.39 is 6.10 Å². The maximum absolute atomic E-state index is 11.7. The van der Waals surface area contributed by atoms with Gasteiger partial charge in [0, 0.05) is 19.3 Å². The Morgan fingerprint density at radius 1 is 1.53 bits per heavy atom. The van der Waals surface area contributed by atoms with E-state index in [0.29, 0.717) is 6.54 Å². The van der Waals surface area contributed by atoms with Gasteiger partial charge in [0.05, 0.1) is 18.1 Å². The van der Waals surface area contributed by atoms with Crippen LogP contribution in [0.1, 0.15) is 31.4 Å². The molecule has 5 heteroatoms. The Morgan fingerprint density at radius 3 is 3.05 bits per heavy atom. The minimum absolute atomic E-state index is 0.104. The molecule has 0 aromatic carbocycles. The van der Waals surface area contributed by atoms with Crippen LogP contribution in [0, 0.1) is 5.92 Å². The van der Waals surface area contributed by atoms with E-state index in [1.807, 2.05) is 12.1 Å². The topological polar surface area (TPSA) is 65.5 Å². The lowest BCUT2D eigenvalue weighted by Crippen LogP contribution is -2.46. The number of piperidine rings is 1. The number of pyridine rings is 1. The fourth-order valence-corrected chi connectivity index (χ4v) is 3.05. The average Bonchev–Trinajstić information content (AvgIpc) is 2.81. The molecule has 3 heterocycles. The summed E-state index contributed by atoms with van der Waals surface area (Å²) >= 11 is 0. The van der Waals surface area contributed by atoms with Crippen LogP contribution in [0.4, 0.5) is 5.82 Å². The molecule has 0 aliphatic carbocycles. The normalized spacial score (nSPS) is 27.9. The van der Waals surface area contributed by atoms with Crippen molar-refractivity contribution in [3.05, 3.63) is 23.9 Å². The predicted octanol–water partition coefficient (Wildman–Crippen LogP) is 0.850. The van der Waals surface area contributed by atoms with Crippen LogP contribution in [0.3, 0.4) is 0 Å². The highest BCUT2D eigenvalue weighted by Crippen LogP contribution is 2.30. The predicted molar refractivity (Wildman–Crippen MR) is 71.7 cm³/mol. The first-order valence-electron chi connectivity index (χ1n) is 6.85. The SMILES string of the molecule is C[C@H](O)c1ccc(N2CCCC3C(=O)NCC32)nc1. The fourth-order valence-electron chi connectivity index (χ4n) is 3.05. The molecule has 0 radical (unpaired) electrons. The zero-order valence-corrected chi connectivity index (χ0v) is 11.0. The molecular formula is C14H19N3O2. The molecule has 0 spiro atoms. The molecule has 2 unspecified atom stereocenters. The maximum atomic E-state index is 11.7. The number of aliphatic hydroxyl groups is 1. The molecule has 2 N–H and O–H groups in total. The number of carbonyl (C=O) groups is 1. The molecule has 102 valence electrons. The molecular weight excluding hydrogens is 242 g/mol. The van der Waals surface area contributed by atoms with Crippen molar-refractivity contribution >= 4 is 11.7 Å². The highest BCUT2D eigenvalue weighted by Gasteiger charge is 2.41. The van der Waals surface area contributed by atoms with Gasteiger partial charge >= 0.3 is 0 Å². The van der Waals surface area contributed by atoms with Crippen LogP contribution >= 0.6 is 0 Å². The number of aromatic nitrogens is 1. The summed E-state index contributed by atoms with van der Waals surface area (Å²) in [5, 5.41) is 12.4. The molecule has 1 aromatic heterocycles. The summed E-state index contributed by atoms with van der Waals surface area (Å²) in [5.74, 6) is 1.18. The quantitative estimate of drug-likeness (QED) is 0.828. The standard InChI is InChI=1S/C14H19N3O2/c1-9(18)10-4-5-13(15-7-10)17-6-2-3-11-12(17)8-16-14(11)19/h4-5,7,9,11-12,18H,2-3,6,8H2,1H3,(H,16,19)/t9-,11?,12?/m0/s1. The van der Waals surface area contributed by atoms with E-state index in [1.165, 1.54) is 0 Å². The highest BCUT2D eigenvalue weighted by atomic mass is 16.3. The van der Waals surface area contributed by atoms with Crippen molar-refractivity contribution in [1.82, 2.24) is 10.3 Å². The highest BCUT2D eigenvalue weighted by molar-refractivity contribution is 5.83. The Bertz CT molecular complexity index is 472. The van der Waals surface area contributed by atoms with E-state index >= 15 is 0 Å². The van der Waals surface area contributed by atoms with Crippen LogP contribution in [0.25, 0.3) is 0 Å². The van der Waals surface area contributed by atoms with Gasteiger partial charge in [0.2, 0.25) is 5.91 Å². The third kappa shape index (κ3) is 2.18. The summed E-state index contributed by atoms with van der Waals surface area (Å²) < 4.78 is 0. The first-order valence-corrected chi connectivity index (χ1v) is 6.85. The van der Waals surface area contributed by atoms with E-state index in [9.17, 15) is 9.90 Å². The van der Waals surface area contributed by atoms with Crippen LogP contribution < -0.4 is 10.2 Å². The van der Waals surface area contributed by atoms with Crippen molar-refractivity contribution in [1.29, 1.82) is 0 Å². The smallest absolute Gasteiger partial charge is 0.225 e. The first kappa shape index (κ1) is 12.4. The fraction of sp³-hybridized carbons (Fsp3) is 0.571. The van der Waals surface area contributed by atoms with Gasteiger partial charge in [-0.15, -0.1) is 0 Å². The van der Waals surface area contributed by atoms with Crippen LogP contribution in [-0.4, -0.2) is 35.1 Å². The summed E-state index contributed by atoms with van der Waals surface area (Å²) in [5.41, 5.74) is 0.818. The van der Waals surface area contributed by atoms with Crippen molar-refractivity contribution in [3.63, 3.8) is 0 Å². The molecule has 2 saturated heterocycles. The van der Waals surface area contributed by atoms with Gasteiger partial charge in [0.15, 0.2) is 0 Å². The number of hydrogen-bond acceptors (Lipinski definition) is 4. The van der Waals surface area contributed by atoms with E-state index in [-0.39, 0.29) is 17.9 Å². The molecule has 0 bridgehead atoms. The summed E-state index contributed by atoms with van der Waals surface area (Å²) in [4.78, 5) is 18.4. The molecule has 19 heavy (non-hydrogen) atoms. The lowest BCUT2D eigenvalue weighted by atomic mass is 9.91. The van der Waals surface area contributed by atoms with Crippen molar-refractivity contribution in [3.8, 4) is 0 Å². The summed E-state index contributed by atoms with van der Waals surface area (Å²) in [7, 11) is 0. The molecule has 1 aromatic rings. The molecule has 1 amide bonds. The Balaban J connectivity index is 1.83. The van der Waals surface area contributed by atoms with Gasteiger partial charge in [-0.3, -0.25) is 4.79 Å². The van der Waals surface area contributed by atoms with Crippen LogP contribution in [-0.2, 0) is 4.79 Å². The summed E-state index contributed by atoms with van der Waals surface area (Å²) in [6.07, 6.45) is 3.21. The molecule has 2 aliphatic rings. The molecule has 2 fully saturated rings. The second-order valence-electron chi connectivity index (χ2n) is 5.38. The maximum Gasteiger partial charge on any atom is 0.225 e. The van der Waals surface area contributed by atoms with E-state index in [1.54, 1.807) is 13.1 Å². The Kier molecular flexibility index (Phi) is 3.14. The van der Waals surface area contributed by atoms with Crippen LogP contribution in [0.5, 0.6) is 0 Å². The number of anilines is 1. The molecule has 5 nitrogen and oxygen atoms in total. The lowest BCUT2D eigenvalue weighted by molar-refractivity contribution is -0.122. The van der Waals surface area contributed by atoms with Crippen molar-refractivity contribution in [2.45, 2.75) is 31.9 Å². The van der Waals surface area contributed by atoms with E-state index in [0.717, 1.165) is 30.8 Å². The number of nitrogens with one attached hydrogen (secondary N) is 1. The van der Waals surface area contributed by atoms with Crippen LogP contribution in [0.2, 0.25) is 0 Å². The molecule has 3 atom stereocenters. The van der Waals surface area contributed by atoms with Gasteiger partial charge in [-0.2, -0.15) is 0 Å². The zero-order valence-electron chi connectivity index (χ0n) is 11.0. The van der Waals surface area contributed by atoms with Crippen molar-refractivity contribution in [2.24, 2.45) is 5.92 Å². The Labute approximate surface area is 112 Å². The largest absolute Gasteiger partial charge is 0.389 e. The number of hydrogen-bond donors (Lipinski definition) is 2. The van der Waals surface area contributed by atoms with E-state index in [2.05, 4.69) is 15.2 Å². The summed E-state index contributed by atoms with van der Waals surface area (Å²) in [6.45, 7) is 3.38. The van der Waals surface area contributed by atoms with E-state index in [4.69, 9.17) is 0 Å². The minimum atomic E-state index is -0.495. The monoisotopic (exact) mass is 261 g/mol. The van der Waals surface area contributed by atoms with Gasteiger partial charge in [-0.1, -0.05) is 6.07 Å². The van der Waals surface area contributed by atoms with Gasteiger partial charge in [-0.25, -0.2) is 4.98 Å². The van der Waals surface area contributed by atoms with Gasteiger partial charge in [0.1, 0.15) is 5.82 Å². The van der Waals surface area contributed by atoms with Crippen LogP contribution in [0.15, 0.2) is 18.3 Å². The second kappa shape index (κ2) is 4.81. The summed E-state index contributed by atoms with van der Waals surface area (Å²) in [6, 6.07) is 4.07. The number of amides is 1. The Morgan fingerprint density at radius 2 is 2.37 bits per heavy atom. The molecule has 2 aliphatic heterocycles. The number of aliphatic hydroxyl groups excluding tert-OH is 1. The Hall–Kier alpha value is -1.62. The van der Waals surface area contributed by atoms with Gasteiger partial charge < -0.3 is 15.3 Å². The lowest BCUT2D eigenvalue weighted by Gasteiger charge is -2.36. The van der Waals surface area contributed by atoms with Gasteiger partial charge in [-0.05, 0) is 31.4 Å². The third-order valence-corrected chi connectivity index (χ3v) is 4.15. The third-order valence-electron chi connectivity index (χ3n) is 4.15. The number of nitrogens with zero attached hydrogens (tertiary/aromatic N) is 2. The zero-order chi connectivity index (χ0) is 13.4. The molecule has 0 saturated carbocycles. The van der Waals surface area contributed by atoms with Crippen molar-refractivity contribution in [2.75, 3.05) is 18.0 Å². The van der Waals surface area contributed by atoms with Gasteiger partial charge in [0.25, 0.3) is 0 Å². The first-order chi connectivity index (χ1) is 9.16. The number of rotatable bonds is 2. The minimum Gasteiger partial charge on any atom is -0.389 e. The number of carbonyl (C=O) groups excluding carboxylic acids is 1. The van der Waals surface area contributed by atoms with Crippen molar-refractivity contribution < 1.29 is 9.90 Å².